The molecule has 0 unspecified atom stereocenters. The van der Waals surface area contributed by atoms with Gasteiger partial charge in [-0.3, -0.25) is 4.79 Å². The summed E-state index contributed by atoms with van der Waals surface area (Å²) in [6.45, 7) is 5.49. The highest BCUT2D eigenvalue weighted by Gasteiger charge is 2.06. The van der Waals surface area contributed by atoms with Crippen LogP contribution in [0.15, 0.2) is 41.5 Å². The lowest BCUT2D eigenvalue weighted by Crippen LogP contribution is -2.38. The molecule has 1 aromatic carbocycles. The first-order valence-electron chi connectivity index (χ1n) is 9.52. The number of hydrogen-bond donors (Lipinski definition) is 3. The fourth-order valence-corrected chi connectivity index (χ4v) is 3.17. The minimum Gasteiger partial charge on any atom is -0.357 e. The number of halogens is 1. The molecule has 0 aliphatic carbocycles. The van der Waals surface area contributed by atoms with E-state index in [1.54, 1.807) is 36.2 Å². The number of hydrogen-bond acceptors (Lipinski definition) is 4. The van der Waals surface area contributed by atoms with Crippen LogP contribution in [0.3, 0.4) is 0 Å². The molecule has 156 valence electrons. The number of amides is 1. The highest BCUT2D eigenvalue weighted by atomic mass is 32.2. The Morgan fingerprint density at radius 3 is 2.72 bits per heavy atom. The summed E-state index contributed by atoms with van der Waals surface area (Å²) in [6.07, 6.45) is 3.99. The fourth-order valence-electron chi connectivity index (χ4n) is 2.59. The number of thioether (sulfide) groups is 1. The van der Waals surface area contributed by atoms with E-state index < -0.39 is 0 Å². The Morgan fingerprint density at radius 1 is 1.21 bits per heavy atom. The van der Waals surface area contributed by atoms with Crippen molar-refractivity contribution in [1.82, 2.24) is 15.6 Å². The fraction of sp³-hybridized carbons (Fsp3) is 0.381. The number of aromatic nitrogens is 1. The van der Waals surface area contributed by atoms with Crippen LogP contribution in [-0.4, -0.2) is 36.2 Å². The van der Waals surface area contributed by atoms with Crippen molar-refractivity contribution in [3.8, 4) is 0 Å². The lowest BCUT2D eigenvalue weighted by molar-refractivity contribution is -0.116. The molecule has 1 heterocycles. The van der Waals surface area contributed by atoms with E-state index in [1.807, 2.05) is 26.2 Å². The van der Waals surface area contributed by atoms with Crippen LogP contribution in [0.1, 0.15) is 30.0 Å². The molecule has 1 aromatic heterocycles. The van der Waals surface area contributed by atoms with Gasteiger partial charge in [0.05, 0.1) is 6.54 Å². The number of rotatable bonds is 9. The van der Waals surface area contributed by atoms with Gasteiger partial charge in [0.15, 0.2) is 5.96 Å². The van der Waals surface area contributed by atoms with Gasteiger partial charge in [-0.1, -0.05) is 12.1 Å². The van der Waals surface area contributed by atoms with Crippen LogP contribution in [0.5, 0.6) is 0 Å². The number of aryl methyl sites for hydroxylation is 1. The molecule has 1 amide bonds. The minimum atomic E-state index is -0.235. The molecule has 2 rings (SSSR count). The van der Waals surface area contributed by atoms with E-state index in [0.717, 1.165) is 22.4 Å². The van der Waals surface area contributed by atoms with E-state index in [2.05, 4.69) is 25.9 Å². The molecule has 6 nitrogen and oxygen atoms in total. The van der Waals surface area contributed by atoms with Crippen molar-refractivity contribution < 1.29 is 9.18 Å². The van der Waals surface area contributed by atoms with Crippen molar-refractivity contribution in [1.29, 1.82) is 0 Å². The number of anilines is 1. The van der Waals surface area contributed by atoms with Crippen LogP contribution in [0.4, 0.5) is 10.2 Å². The molecule has 0 aliphatic rings. The zero-order valence-corrected chi connectivity index (χ0v) is 17.9. The Morgan fingerprint density at radius 2 is 2.03 bits per heavy atom. The number of nitrogens with one attached hydrogen (secondary N) is 3. The van der Waals surface area contributed by atoms with Gasteiger partial charge in [0.2, 0.25) is 5.91 Å². The van der Waals surface area contributed by atoms with Crippen molar-refractivity contribution in [2.45, 2.75) is 32.6 Å². The quantitative estimate of drug-likeness (QED) is 0.430. The topological polar surface area (TPSA) is 78.4 Å². The summed E-state index contributed by atoms with van der Waals surface area (Å²) in [6, 6.07) is 8.47. The molecule has 0 aliphatic heterocycles. The van der Waals surface area contributed by atoms with E-state index in [0.29, 0.717) is 31.4 Å². The third-order valence-corrected chi connectivity index (χ3v) is 4.64. The van der Waals surface area contributed by atoms with Gasteiger partial charge in [0.25, 0.3) is 0 Å². The first-order valence-corrected chi connectivity index (χ1v) is 10.9. The van der Waals surface area contributed by atoms with Crippen molar-refractivity contribution >= 4 is 29.4 Å². The van der Waals surface area contributed by atoms with Gasteiger partial charge < -0.3 is 16.0 Å². The number of carbonyl (C=O) groups is 1. The zero-order chi connectivity index (χ0) is 21.1. The van der Waals surface area contributed by atoms with Gasteiger partial charge in [0, 0.05) is 31.5 Å². The average molecular weight is 418 g/mol. The number of aliphatic imine (C=N–C) groups is 1. The lowest BCUT2D eigenvalue weighted by Gasteiger charge is -2.12. The molecular weight excluding hydrogens is 389 g/mol. The van der Waals surface area contributed by atoms with Crippen LogP contribution in [0.2, 0.25) is 0 Å². The molecule has 0 spiro atoms. The number of nitrogens with zero attached hydrogens (tertiary/aromatic N) is 2. The highest BCUT2D eigenvalue weighted by Crippen LogP contribution is 2.17. The molecule has 2 aromatic rings. The Labute approximate surface area is 175 Å². The summed E-state index contributed by atoms with van der Waals surface area (Å²) in [4.78, 5) is 20.8. The Hall–Kier alpha value is -2.61. The molecule has 0 fully saturated rings. The normalized spacial score (nSPS) is 11.2. The maximum absolute atomic E-state index is 13.5. The molecular formula is C21H28FN5OS. The molecule has 0 radical (unpaired) electrons. The van der Waals surface area contributed by atoms with Crippen LogP contribution >= 0.6 is 11.8 Å². The average Bonchev–Trinajstić information content (AvgIpc) is 2.69. The Kier molecular flexibility index (Phi) is 9.43. The summed E-state index contributed by atoms with van der Waals surface area (Å²) in [5.41, 5.74) is 2.97. The SMILES string of the molecule is CCNC(=NCc1ccc(F)cc1CSC)NCCC(=O)Nc1ccc(C)cn1. The summed E-state index contributed by atoms with van der Waals surface area (Å²) >= 11 is 1.64. The smallest absolute Gasteiger partial charge is 0.227 e. The van der Waals surface area contributed by atoms with E-state index in [-0.39, 0.29) is 18.1 Å². The minimum absolute atomic E-state index is 0.120. The zero-order valence-electron chi connectivity index (χ0n) is 17.1. The van der Waals surface area contributed by atoms with E-state index in [1.165, 1.54) is 6.07 Å². The second kappa shape index (κ2) is 12.1. The molecule has 3 N–H and O–H groups in total. The monoisotopic (exact) mass is 417 g/mol. The van der Waals surface area contributed by atoms with Gasteiger partial charge >= 0.3 is 0 Å². The van der Waals surface area contributed by atoms with Crippen molar-refractivity contribution in [3.63, 3.8) is 0 Å². The highest BCUT2D eigenvalue weighted by molar-refractivity contribution is 7.97. The molecule has 29 heavy (non-hydrogen) atoms. The van der Waals surface area contributed by atoms with Gasteiger partial charge in [-0.2, -0.15) is 11.8 Å². The summed E-state index contributed by atoms with van der Waals surface area (Å²) in [5, 5.41) is 9.09. The largest absolute Gasteiger partial charge is 0.357 e. The predicted octanol–water partition coefficient (Wildman–Crippen LogP) is 3.48. The second-order valence-corrected chi connectivity index (χ2v) is 7.35. The second-order valence-electron chi connectivity index (χ2n) is 6.49. The number of benzene rings is 1. The summed E-state index contributed by atoms with van der Waals surface area (Å²) in [7, 11) is 0. The number of carbonyl (C=O) groups excluding carboxylic acids is 1. The molecule has 0 atom stereocenters. The maximum Gasteiger partial charge on any atom is 0.227 e. The third-order valence-electron chi connectivity index (χ3n) is 4.04. The van der Waals surface area contributed by atoms with E-state index in [4.69, 9.17) is 0 Å². The van der Waals surface area contributed by atoms with Crippen LogP contribution in [-0.2, 0) is 17.1 Å². The van der Waals surface area contributed by atoms with Gasteiger partial charge in [-0.15, -0.1) is 0 Å². The Bertz CT molecular complexity index is 826. The maximum atomic E-state index is 13.5. The standard InChI is InChI=1S/C21H28FN5OS/c1-4-23-21(26-13-16-6-7-18(22)11-17(16)14-29-3)24-10-9-20(28)27-19-8-5-15(2)12-25-19/h5-8,11-12H,4,9-10,13-14H2,1-3H3,(H2,23,24,26)(H,25,27,28). The summed E-state index contributed by atoms with van der Waals surface area (Å²) < 4.78 is 13.5. The van der Waals surface area contributed by atoms with Crippen LogP contribution in [0, 0.1) is 12.7 Å². The van der Waals surface area contributed by atoms with E-state index in [9.17, 15) is 9.18 Å². The Balaban J connectivity index is 1.89. The van der Waals surface area contributed by atoms with Gasteiger partial charge in [-0.05, 0) is 55.0 Å². The summed E-state index contributed by atoms with van der Waals surface area (Å²) in [5.74, 6) is 1.54. The lowest BCUT2D eigenvalue weighted by atomic mass is 10.1. The molecule has 8 heteroatoms. The third kappa shape index (κ3) is 8.11. The molecule has 0 bridgehead atoms. The van der Waals surface area contributed by atoms with Crippen LogP contribution < -0.4 is 16.0 Å². The van der Waals surface area contributed by atoms with Gasteiger partial charge in [0.1, 0.15) is 11.6 Å². The first kappa shape index (κ1) is 22.7. The molecule has 0 saturated heterocycles. The van der Waals surface area contributed by atoms with Crippen LogP contribution in [0.25, 0.3) is 0 Å². The first-order chi connectivity index (χ1) is 14.0. The molecule has 0 saturated carbocycles. The van der Waals surface area contributed by atoms with Crippen molar-refractivity contribution in [2.75, 3.05) is 24.7 Å². The van der Waals surface area contributed by atoms with Crippen molar-refractivity contribution in [2.24, 2.45) is 4.99 Å². The number of guanidine groups is 1. The predicted molar refractivity (Wildman–Crippen MR) is 119 cm³/mol. The van der Waals surface area contributed by atoms with Gasteiger partial charge in [-0.25, -0.2) is 14.4 Å². The van der Waals surface area contributed by atoms with Crippen molar-refractivity contribution in [3.05, 3.63) is 59.0 Å². The number of pyridine rings is 1. The van der Waals surface area contributed by atoms with E-state index >= 15 is 0 Å².